The molecule has 190 valence electrons. The Balaban J connectivity index is 1.41. The molecule has 0 unspecified atom stereocenters. The first-order valence-electron chi connectivity index (χ1n) is 13.1. The molecule has 0 fully saturated rings. The molecule has 0 spiro atoms. The molecule has 0 atom stereocenters. The highest BCUT2D eigenvalue weighted by Gasteiger charge is 2.27. The van der Waals surface area contributed by atoms with Gasteiger partial charge in [-0.25, -0.2) is 0 Å². The van der Waals surface area contributed by atoms with Crippen LogP contribution in [0.25, 0.3) is 22.4 Å². The molecule has 3 heterocycles. The number of hydrogen-bond donors (Lipinski definition) is 0. The van der Waals surface area contributed by atoms with Crippen LogP contribution in [0.1, 0.15) is 56.4 Å². The molecule has 0 radical (unpaired) electrons. The SMILES string of the molecule is CCCC(=O)N1CCn2nc(-c3ccncc3)c(-c3ccc(OCc4ccc(C(C)C)cc4)cc3)c2C1. The van der Waals surface area contributed by atoms with Gasteiger partial charge >= 0.3 is 0 Å². The summed E-state index contributed by atoms with van der Waals surface area (Å²) in [6, 6.07) is 20.8. The van der Waals surface area contributed by atoms with Crippen molar-refractivity contribution >= 4 is 5.91 Å². The molecule has 1 amide bonds. The minimum Gasteiger partial charge on any atom is -0.489 e. The van der Waals surface area contributed by atoms with E-state index in [1.54, 1.807) is 12.4 Å². The lowest BCUT2D eigenvalue weighted by Gasteiger charge is -2.28. The third-order valence-corrected chi connectivity index (χ3v) is 6.95. The molecule has 0 N–H and O–H groups in total. The standard InChI is InChI=1S/C31H34N4O2/c1-4-5-29(36)34-18-19-35-28(20-34)30(31(33-35)26-14-16-32-17-15-26)25-10-12-27(13-11-25)37-21-23-6-8-24(9-7-23)22(2)3/h6-17,22H,4-5,18-21H2,1-3H3. The molecule has 5 rings (SSSR count). The zero-order valence-electron chi connectivity index (χ0n) is 21.9. The summed E-state index contributed by atoms with van der Waals surface area (Å²) < 4.78 is 8.15. The van der Waals surface area contributed by atoms with E-state index < -0.39 is 0 Å². The van der Waals surface area contributed by atoms with E-state index in [0.717, 1.165) is 45.8 Å². The van der Waals surface area contributed by atoms with Gasteiger partial charge in [0.2, 0.25) is 5.91 Å². The lowest BCUT2D eigenvalue weighted by Crippen LogP contribution is -2.38. The lowest BCUT2D eigenvalue weighted by atomic mass is 9.98. The number of hydrogen-bond acceptors (Lipinski definition) is 4. The molecule has 2 aromatic heterocycles. The van der Waals surface area contributed by atoms with E-state index in [1.165, 1.54) is 5.56 Å². The Hall–Kier alpha value is -3.93. The molecule has 6 nitrogen and oxygen atoms in total. The maximum Gasteiger partial charge on any atom is 0.222 e. The summed E-state index contributed by atoms with van der Waals surface area (Å²) in [6.07, 6.45) is 5.01. The van der Waals surface area contributed by atoms with Crippen LogP contribution in [-0.4, -0.2) is 32.1 Å². The van der Waals surface area contributed by atoms with Gasteiger partial charge in [-0.15, -0.1) is 0 Å². The summed E-state index contributed by atoms with van der Waals surface area (Å²) in [5.74, 6) is 1.55. The molecular weight excluding hydrogens is 460 g/mol. The molecule has 0 saturated carbocycles. The number of carbonyl (C=O) groups is 1. The maximum absolute atomic E-state index is 12.7. The number of amides is 1. The van der Waals surface area contributed by atoms with E-state index in [0.29, 0.717) is 38.6 Å². The summed E-state index contributed by atoms with van der Waals surface area (Å²) in [4.78, 5) is 18.8. The number of pyridine rings is 1. The van der Waals surface area contributed by atoms with Gasteiger partial charge in [0.25, 0.3) is 0 Å². The summed E-state index contributed by atoms with van der Waals surface area (Å²) in [5.41, 5.74) is 7.61. The van der Waals surface area contributed by atoms with Gasteiger partial charge in [-0.05, 0) is 53.3 Å². The van der Waals surface area contributed by atoms with E-state index >= 15 is 0 Å². The van der Waals surface area contributed by atoms with Crippen LogP contribution >= 0.6 is 0 Å². The number of fused-ring (bicyclic) bond motifs is 1. The predicted octanol–water partition coefficient (Wildman–Crippen LogP) is 6.46. The summed E-state index contributed by atoms with van der Waals surface area (Å²) in [5, 5.41) is 4.97. The average molecular weight is 495 g/mol. The fourth-order valence-corrected chi connectivity index (χ4v) is 4.80. The Labute approximate surface area is 218 Å². The number of rotatable bonds is 8. The highest BCUT2D eigenvalue weighted by molar-refractivity contribution is 5.84. The van der Waals surface area contributed by atoms with Gasteiger partial charge in [0.05, 0.1) is 18.8 Å². The zero-order chi connectivity index (χ0) is 25.8. The van der Waals surface area contributed by atoms with Crippen molar-refractivity contribution in [3.05, 3.63) is 89.9 Å². The van der Waals surface area contributed by atoms with E-state index in [9.17, 15) is 4.79 Å². The van der Waals surface area contributed by atoms with Crippen molar-refractivity contribution in [1.82, 2.24) is 19.7 Å². The van der Waals surface area contributed by atoms with Crippen molar-refractivity contribution in [2.45, 2.75) is 59.2 Å². The molecule has 0 saturated heterocycles. The van der Waals surface area contributed by atoms with Crippen LogP contribution in [0.4, 0.5) is 0 Å². The van der Waals surface area contributed by atoms with Gasteiger partial charge in [-0.3, -0.25) is 14.5 Å². The Morgan fingerprint density at radius 2 is 1.68 bits per heavy atom. The number of ether oxygens (including phenoxy) is 1. The minimum atomic E-state index is 0.205. The third kappa shape index (κ3) is 5.43. The molecule has 37 heavy (non-hydrogen) atoms. The number of benzene rings is 2. The Bertz CT molecular complexity index is 1340. The second kappa shape index (κ2) is 11.0. The normalized spacial score (nSPS) is 13.0. The smallest absolute Gasteiger partial charge is 0.222 e. The Kier molecular flexibility index (Phi) is 7.35. The Morgan fingerprint density at radius 1 is 0.946 bits per heavy atom. The van der Waals surface area contributed by atoms with Crippen LogP contribution in [0.5, 0.6) is 5.75 Å². The van der Waals surface area contributed by atoms with E-state index in [2.05, 4.69) is 59.9 Å². The van der Waals surface area contributed by atoms with Crippen LogP contribution in [0.3, 0.4) is 0 Å². The second-order valence-electron chi connectivity index (χ2n) is 9.90. The van der Waals surface area contributed by atoms with Crippen molar-refractivity contribution in [3.63, 3.8) is 0 Å². The highest BCUT2D eigenvalue weighted by atomic mass is 16.5. The van der Waals surface area contributed by atoms with Crippen molar-refractivity contribution < 1.29 is 9.53 Å². The maximum atomic E-state index is 12.7. The van der Waals surface area contributed by atoms with Crippen molar-refractivity contribution in [2.24, 2.45) is 0 Å². The van der Waals surface area contributed by atoms with E-state index in [4.69, 9.17) is 9.84 Å². The largest absolute Gasteiger partial charge is 0.489 e. The zero-order valence-corrected chi connectivity index (χ0v) is 21.9. The molecule has 0 aliphatic carbocycles. The van der Waals surface area contributed by atoms with Crippen LogP contribution in [0.2, 0.25) is 0 Å². The van der Waals surface area contributed by atoms with Crippen LogP contribution < -0.4 is 4.74 Å². The number of aromatic nitrogens is 3. The van der Waals surface area contributed by atoms with Gasteiger partial charge in [0.15, 0.2) is 0 Å². The molecule has 1 aliphatic rings. The first kappa shape index (κ1) is 24.8. The topological polar surface area (TPSA) is 60.2 Å². The summed E-state index contributed by atoms with van der Waals surface area (Å²) in [7, 11) is 0. The first-order valence-corrected chi connectivity index (χ1v) is 13.1. The van der Waals surface area contributed by atoms with Crippen LogP contribution in [0.15, 0.2) is 73.1 Å². The van der Waals surface area contributed by atoms with Gasteiger partial charge in [-0.2, -0.15) is 5.10 Å². The molecular formula is C31H34N4O2. The third-order valence-electron chi connectivity index (χ3n) is 6.95. The Morgan fingerprint density at radius 3 is 2.35 bits per heavy atom. The monoisotopic (exact) mass is 494 g/mol. The van der Waals surface area contributed by atoms with Crippen molar-refractivity contribution in [2.75, 3.05) is 6.54 Å². The fourth-order valence-electron chi connectivity index (χ4n) is 4.80. The molecule has 4 aromatic rings. The molecule has 6 heteroatoms. The quantitative estimate of drug-likeness (QED) is 0.282. The van der Waals surface area contributed by atoms with Crippen molar-refractivity contribution in [1.29, 1.82) is 0 Å². The molecule has 0 bridgehead atoms. The van der Waals surface area contributed by atoms with Gasteiger partial charge in [-0.1, -0.05) is 57.2 Å². The van der Waals surface area contributed by atoms with Gasteiger partial charge in [0, 0.05) is 36.5 Å². The van der Waals surface area contributed by atoms with E-state index in [1.807, 2.05) is 36.1 Å². The average Bonchev–Trinajstić information content (AvgIpc) is 3.32. The first-order chi connectivity index (χ1) is 18.0. The second-order valence-corrected chi connectivity index (χ2v) is 9.90. The minimum absolute atomic E-state index is 0.205. The van der Waals surface area contributed by atoms with E-state index in [-0.39, 0.29) is 5.91 Å². The number of nitrogens with zero attached hydrogens (tertiary/aromatic N) is 4. The fraction of sp³-hybridized carbons (Fsp3) is 0.323. The molecule has 1 aliphatic heterocycles. The van der Waals surface area contributed by atoms with Gasteiger partial charge in [0.1, 0.15) is 18.1 Å². The number of carbonyl (C=O) groups excluding carboxylic acids is 1. The van der Waals surface area contributed by atoms with Crippen LogP contribution in [0, 0.1) is 0 Å². The molecule has 2 aromatic carbocycles. The summed E-state index contributed by atoms with van der Waals surface area (Å²) >= 11 is 0. The highest BCUT2D eigenvalue weighted by Crippen LogP contribution is 2.37. The van der Waals surface area contributed by atoms with Crippen molar-refractivity contribution in [3.8, 4) is 28.1 Å². The van der Waals surface area contributed by atoms with Crippen LogP contribution in [-0.2, 0) is 24.5 Å². The predicted molar refractivity (Wildman–Crippen MR) is 146 cm³/mol. The summed E-state index contributed by atoms with van der Waals surface area (Å²) in [6.45, 7) is 8.92. The van der Waals surface area contributed by atoms with Gasteiger partial charge < -0.3 is 9.64 Å². The lowest BCUT2D eigenvalue weighted by molar-refractivity contribution is -0.132.